The van der Waals surface area contributed by atoms with Crippen molar-refractivity contribution in [3.8, 4) is 11.5 Å². The quantitative estimate of drug-likeness (QED) is 0.608. The fourth-order valence-corrected chi connectivity index (χ4v) is 1.98. The molecule has 2 rings (SSSR count). The van der Waals surface area contributed by atoms with Gasteiger partial charge in [-0.3, -0.25) is 4.79 Å². The number of carbonyl (C=O) groups is 1. The van der Waals surface area contributed by atoms with Crippen LogP contribution in [0.25, 0.3) is 12.2 Å². The van der Waals surface area contributed by atoms with Crippen LogP contribution in [0.2, 0.25) is 0 Å². The molecule has 0 amide bonds. The standard InChI is InChI=1S/C19H17ClO3/c20-11-12-23-19-6-2-4-16(14-19)8-10-17(21)9-7-15-3-1-5-18(22)13-15/h1-10,13-14,22H,11-12H2. The molecule has 4 heteroatoms. The number of ether oxygens (including phenoxy) is 1. The molecule has 0 unspecified atom stereocenters. The van der Waals surface area contributed by atoms with E-state index in [-0.39, 0.29) is 11.5 Å². The highest BCUT2D eigenvalue weighted by atomic mass is 35.5. The molecule has 0 radical (unpaired) electrons. The van der Waals surface area contributed by atoms with Crippen LogP contribution in [0.15, 0.2) is 60.7 Å². The Balaban J connectivity index is 1.98. The van der Waals surface area contributed by atoms with Crippen molar-refractivity contribution in [2.45, 2.75) is 0 Å². The van der Waals surface area contributed by atoms with Crippen LogP contribution in [0.1, 0.15) is 11.1 Å². The first-order chi connectivity index (χ1) is 11.2. The number of carbonyl (C=O) groups excluding carboxylic acids is 1. The maximum absolute atomic E-state index is 11.8. The molecule has 0 saturated heterocycles. The Morgan fingerprint density at radius 3 is 2.35 bits per heavy atom. The predicted octanol–water partition coefficient (Wildman–Crippen LogP) is 4.31. The molecule has 3 nitrogen and oxygen atoms in total. The molecule has 0 aromatic heterocycles. The molecule has 0 aliphatic carbocycles. The topological polar surface area (TPSA) is 46.5 Å². The van der Waals surface area contributed by atoms with Crippen LogP contribution < -0.4 is 4.74 Å². The molecular weight excluding hydrogens is 312 g/mol. The third-order valence-electron chi connectivity index (χ3n) is 2.95. The summed E-state index contributed by atoms with van der Waals surface area (Å²) in [5, 5.41) is 9.36. The number of halogens is 1. The fourth-order valence-electron chi connectivity index (χ4n) is 1.91. The molecule has 23 heavy (non-hydrogen) atoms. The molecular formula is C19H17ClO3. The number of rotatable bonds is 7. The van der Waals surface area contributed by atoms with Gasteiger partial charge in [-0.05, 0) is 47.5 Å². The first-order valence-corrected chi connectivity index (χ1v) is 7.69. The lowest BCUT2D eigenvalue weighted by Gasteiger charge is -2.03. The summed E-state index contributed by atoms with van der Waals surface area (Å²) in [5.41, 5.74) is 1.64. The zero-order valence-corrected chi connectivity index (χ0v) is 13.2. The van der Waals surface area contributed by atoms with Crippen LogP contribution >= 0.6 is 11.6 Å². The smallest absolute Gasteiger partial charge is 0.178 e. The van der Waals surface area contributed by atoms with Gasteiger partial charge in [-0.15, -0.1) is 11.6 Å². The number of alkyl halides is 1. The third-order valence-corrected chi connectivity index (χ3v) is 3.11. The molecule has 2 aromatic carbocycles. The van der Waals surface area contributed by atoms with E-state index in [1.165, 1.54) is 12.2 Å². The van der Waals surface area contributed by atoms with Gasteiger partial charge in [0.25, 0.3) is 0 Å². The Hall–Kier alpha value is -2.52. The van der Waals surface area contributed by atoms with Crippen molar-refractivity contribution in [2.75, 3.05) is 12.5 Å². The van der Waals surface area contributed by atoms with Crippen molar-refractivity contribution in [1.29, 1.82) is 0 Å². The van der Waals surface area contributed by atoms with Crippen LogP contribution in [0.4, 0.5) is 0 Å². The maximum atomic E-state index is 11.8. The van der Waals surface area contributed by atoms with Crippen molar-refractivity contribution in [2.24, 2.45) is 0 Å². The van der Waals surface area contributed by atoms with Crippen LogP contribution in [-0.4, -0.2) is 23.4 Å². The van der Waals surface area contributed by atoms with Crippen LogP contribution in [0.3, 0.4) is 0 Å². The zero-order chi connectivity index (χ0) is 16.5. The van der Waals surface area contributed by atoms with E-state index in [2.05, 4.69) is 0 Å². The van der Waals surface area contributed by atoms with Crippen molar-refractivity contribution < 1.29 is 14.6 Å². The second-order valence-corrected chi connectivity index (χ2v) is 5.15. The van der Waals surface area contributed by atoms with Gasteiger partial charge in [0.15, 0.2) is 5.78 Å². The van der Waals surface area contributed by atoms with E-state index in [9.17, 15) is 9.90 Å². The van der Waals surface area contributed by atoms with E-state index >= 15 is 0 Å². The minimum absolute atomic E-state index is 0.138. The summed E-state index contributed by atoms with van der Waals surface area (Å²) in [6.45, 7) is 0.445. The largest absolute Gasteiger partial charge is 0.508 e. The zero-order valence-electron chi connectivity index (χ0n) is 12.5. The average molecular weight is 329 g/mol. The summed E-state index contributed by atoms with van der Waals surface area (Å²) in [6, 6.07) is 14.1. The second kappa shape index (κ2) is 8.81. The van der Waals surface area contributed by atoms with Gasteiger partial charge in [0.2, 0.25) is 0 Å². The van der Waals surface area contributed by atoms with Crippen molar-refractivity contribution in [3.05, 3.63) is 71.8 Å². The number of hydrogen-bond acceptors (Lipinski definition) is 3. The molecule has 0 aliphatic heterocycles. The van der Waals surface area contributed by atoms with E-state index in [0.29, 0.717) is 12.5 Å². The Labute approximate surface area is 140 Å². The van der Waals surface area contributed by atoms with Gasteiger partial charge in [-0.1, -0.05) is 36.4 Å². The average Bonchev–Trinajstić information content (AvgIpc) is 2.57. The van der Waals surface area contributed by atoms with Crippen molar-refractivity contribution in [1.82, 2.24) is 0 Å². The van der Waals surface area contributed by atoms with Gasteiger partial charge in [0.05, 0.1) is 5.88 Å². The molecule has 0 fully saturated rings. The van der Waals surface area contributed by atoms with Crippen molar-refractivity contribution in [3.63, 3.8) is 0 Å². The summed E-state index contributed by atoms with van der Waals surface area (Å²) < 4.78 is 5.43. The number of phenols is 1. The Morgan fingerprint density at radius 1 is 1.04 bits per heavy atom. The lowest BCUT2D eigenvalue weighted by Crippen LogP contribution is -1.97. The number of benzene rings is 2. The monoisotopic (exact) mass is 328 g/mol. The molecule has 0 spiro atoms. The predicted molar refractivity (Wildman–Crippen MR) is 93.8 cm³/mol. The minimum atomic E-state index is -0.138. The normalized spacial score (nSPS) is 11.2. The molecule has 1 N–H and O–H groups in total. The summed E-state index contributed by atoms with van der Waals surface area (Å²) >= 11 is 5.58. The van der Waals surface area contributed by atoms with E-state index in [1.54, 1.807) is 30.4 Å². The summed E-state index contributed by atoms with van der Waals surface area (Å²) in [6.07, 6.45) is 6.33. The first-order valence-electron chi connectivity index (χ1n) is 7.15. The Kier molecular flexibility index (Phi) is 6.45. The lowest BCUT2D eigenvalue weighted by atomic mass is 10.1. The van der Waals surface area contributed by atoms with Crippen molar-refractivity contribution >= 4 is 29.5 Å². The Morgan fingerprint density at radius 2 is 1.70 bits per heavy atom. The number of allylic oxidation sites excluding steroid dienone is 2. The fraction of sp³-hybridized carbons (Fsp3) is 0.105. The summed E-state index contributed by atoms with van der Waals surface area (Å²) in [5.74, 6) is 1.18. The highest BCUT2D eigenvalue weighted by Crippen LogP contribution is 2.15. The number of phenolic OH excluding ortho intramolecular Hbond substituents is 1. The van der Waals surface area contributed by atoms with E-state index < -0.39 is 0 Å². The number of hydrogen-bond donors (Lipinski definition) is 1. The summed E-state index contributed by atoms with van der Waals surface area (Å²) in [7, 11) is 0. The highest BCUT2D eigenvalue weighted by molar-refractivity contribution is 6.18. The number of ketones is 1. The van der Waals surface area contributed by atoms with E-state index in [1.807, 2.05) is 30.3 Å². The maximum Gasteiger partial charge on any atom is 0.178 e. The molecule has 0 saturated carbocycles. The van der Waals surface area contributed by atoms with Gasteiger partial charge in [0.1, 0.15) is 18.1 Å². The molecule has 2 aromatic rings. The third kappa shape index (κ3) is 6.01. The van der Waals surface area contributed by atoms with Crippen LogP contribution in [0.5, 0.6) is 11.5 Å². The Bertz CT molecular complexity index is 720. The highest BCUT2D eigenvalue weighted by Gasteiger charge is 1.96. The van der Waals surface area contributed by atoms with Gasteiger partial charge in [-0.2, -0.15) is 0 Å². The van der Waals surface area contributed by atoms with Gasteiger partial charge < -0.3 is 9.84 Å². The van der Waals surface area contributed by atoms with Gasteiger partial charge >= 0.3 is 0 Å². The molecule has 0 aliphatic rings. The molecule has 0 heterocycles. The van der Waals surface area contributed by atoms with Crippen LogP contribution in [-0.2, 0) is 4.79 Å². The summed E-state index contributed by atoms with van der Waals surface area (Å²) in [4.78, 5) is 11.8. The first kappa shape index (κ1) is 16.8. The second-order valence-electron chi connectivity index (χ2n) is 4.77. The number of aromatic hydroxyl groups is 1. The van der Waals surface area contributed by atoms with Gasteiger partial charge in [0, 0.05) is 0 Å². The molecule has 118 valence electrons. The van der Waals surface area contributed by atoms with E-state index in [4.69, 9.17) is 16.3 Å². The van der Waals surface area contributed by atoms with E-state index in [0.717, 1.165) is 16.9 Å². The van der Waals surface area contributed by atoms with Gasteiger partial charge in [-0.25, -0.2) is 0 Å². The SMILES string of the molecule is O=C(C=Cc1cccc(O)c1)C=Cc1cccc(OCCCl)c1. The minimum Gasteiger partial charge on any atom is -0.508 e. The molecule has 0 atom stereocenters. The lowest BCUT2D eigenvalue weighted by molar-refractivity contribution is -0.110. The van der Waals surface area contributed by atoms with Crippen LogP contribution in [0, 0.1) is 0 Å². The molecule has 0 bridgehead atoms.